The first-order valence-corrected chi connectivity index (χ1v) is 24.0. The van der Waals surface area contributed by atoms with Crippen molar-refractivity contribution in [3.63, 3.8) is 0 Å². The number of para-hydroxylation sites is 4. The Hall–Kier alpha value is -10.3. The molecule has 0 radical (unpaired) electrons. The van der Waals surface area contributed by atoms with Gasteiger partial charge in [0.25, 0.3) is 0 Å². The molecule has 0 fully saturated rings. The third-order valence-electron chi connectivity index (χ3n) is 13.8. The first-order valence-electron chi connectivity index (χ1n) is 24.0. The van der Waals surface area contributed by atoms with Crippen LogP contribution in [0.2, 0.25) is 0 Å². The largest absolute Gasteiger partial charge is 0.505 e. The molecule has 13 aromatic rings. The molecule has 0 aliphatic rings. The van der Waals surface area contributed by atoms with E-state index in [9.17, 15) is 15.6 Å². The van der Waals surface area contributed by atoms with Crippen LogP contribution in [0.15, 0.2) is 245 Å². The minimum atomic E-state index is 0.0696. The molecule has 13 rings (SSSR count). The van der Waals surface area contributed by atoms with E-state index >= 15 is 0 Å². The van der Waals surface area contributed by atoms with Gasteiger partial charge in [0.2, 0.25) is 0 Å². The number of fused-ring (bicyclic) bond motifs is 7. The van der Waals surface area contributed by atoms with E-state index in [-0.39, 0.29) is 5.75 Å². The van der Waals surface area contributed by atoms with Crippen molar-refractivity contribution < 1.29 is 13.9 Å². The Balaban J connectivity index is 1.12. The van der Waals surface area contributed by atoms with Crippen molar-refractivity contribution in [2.24, 2.45) is 0 Å². The van der Waals surface area contributed by atoms with Crippen LogP contribution in [-0.2, 0) is 0 Å². The minimum Gasteiger partial charge on any atom is -0.505 e. The van der Waals surface area contributed by atoms with E-state index < -0.39 is 0 Å². The number of phenolic OH excluding ortho intramolecular Hbond substituents is 1. The lowest BCUT2D eigenvalue weighted by Gasteiger charge is -2.31. The zero-order valence-electron chi connectivity index (χ0n) is 39.1. The molecule has 0 aliphatic heterocycles. The second-order valence-corrected chi connectivity index (χ2v) is 18.0. The highest BCUT2D eigenvalue weighted by atomic mass is 16.3. The van der Waals surface area contributed by atoms with Gasteiger partial charge in [-0.25, -0.2) is 0 Å². The molecule has 0 atom stereocenters. The van der Waals surface area contributed by atoms with Crippen LogP contribution in [0, 0.1) is 22.7 Å². The van der Waals surface area contributed by atoms with Crippen molar-refractivity contribution in [3.8, 4) is 51.3 Å². The summed E-state index contributed by atoms with van der Waals surface area (Å²) in [6.07, 6.45) is 0. The number of nitriles is 2. The molecule has 2 heterocycles. The van der Waals surface area contributed by atoms with Gasteiger partial charge >= 0.3 is 0 Å². The molecule has 7 nitrogen and oxygen atoms in total. The smallest absolute Gasteiger partial charge is 0.162 e. The number of furan rings is 2. The molecule has 0 saturated heterocycles. The molecule has 0 saturated carbocycles. The summed E-state index contributed by atoms with van der Waals surface area (Å²) in [6.45, 7) is 0. The van der Waals surface area contributed by atoms with Gasteiger partial charge in [-0.1, -0.05) is 164 Å². The number of rotatable bonds is 9. The van der Waals surface area contributed by atoms with Crippen LogP contribution in [-0.4, -0.2) is 5.11 Å². The maximum Gasteiger partial charge on any atom is 0.162 e. The SMILES string of the molecule is N#Cc1ccc(N(c2cccc(-c3cccc(-c4ccccc4)c3)c2O)c2c3ccccc3c(N(c3ccc(C#N)cc3)c3cccc4c3oc3c(-c5ccccc5)cccc34)c3c2oc2ccccc23)cc1. The molecular weight excluding hydrogens is 897 g/mol. The van der Waals surface area contributed by atoms with Gasteiger partial charge in [-0.3, -0.25) is 0 Å². The molecule has 0 unspecified atom stereocenters. The average molecular weight is 937 g/mol. The van der Waals surface area contributed by atoms with E-state index in [0.717, 1.165) is 82.8 Å². The van der Waals surface area contributed by atoms with Gasteiger partial charge in [-0.15, -0.1) is 0 Å². The number of phenols is 1. The van der Waals surface area contributed by atoms with Crippen molar-refractivity contribution in [2.75, 3.05) is 9.80 Å². The number of hydrogen-bond donors (Lipinski definition) is 1. The Morgan fingerprint density at radius 2 is 0.849 bits per heavy atom. The molecule has 0 amide bonds. The van der Waals surface area contributed by atoms with Crippen LogP contribution >= 0.6 is 0 Å². The maximum atomic E-state index is 12.9. The van der Waals surface area contributed by atoms with Crippen molar-refractivity contribution in [1.29, 1.82) is 10.5 Å². The third kappa shape index (κ3) is 7.11. The van der Waals surface area contributed by atoms with Gasteiger partial charge in [-0.2, -0.15) is 10.5 Å². The van der Waals surface area contributed by atoms with Gasteiger partial charge in [0.05, 0.1) is 51.4 Å². The summed E-state index contributed by atoms with van der Waals surface area (Å²) in [5, 5.41) is 38.2. The van der Waals surface area contributed by atoms with Gasteiger partial charge in [0, 0.05) is 49.4 Å². The van der Waals surface area contributed by atoms with E-state index in [1.165, 1.54) is 0 Å². The molecule has 0 aliphatic carbocycles. The molecule has 11 aromatic carbocycles. The maximum absolute atomic E-state index is 12.9. The molecule has 0 spiro atoms. The Bertz CT molecular complexity index is 4360. The normalized spacial score (nSPS) is 11.3. The lowest BCUT2D eigenvalue weighted by molar-refractivity contribution is 0.478. The quantitative estimate of drug-likeness (QED) is 0.144. The summed E-state index contributed by atoms with van der Waals surface area (Å²) in [4.78, 5) is 4.28. The fourth-order valence-corrected chi connectivity index (χ4v) is 10.5. The molecule has 2 aromatic heterocycles. The number of aromatic hydroxyl groups is 1. The van der Waals surface area contributed by atoms with Crippen LogP contribution in [0.4, 0.5) is 34.1 Å². The van der Waals surface area contributed by atoms with E-state index in [4.69, 9.17) is 8.83 Å². The van der Waals surface area contributed by atoms with Crippen molar-refractivity contribution in [1.82, 2.24) is 0 Å². The molecule has 1 N–H and O–H groups in total. The molecule has 73 heavy (non-hydrogen) atoms. The molecule has 0 bridgehead atoms. The highest BCUT2D eigenvalue weighted by molar-refractivity contribution is 6.29. The predicted molar refractivity (Wildman–Crippen MR) is 295 cm³/mol. The van der Waals surface area contributed by atoms with E-state index in [2.05, 4.69) is 113 Å². The fraction of sp³-hybridized carbons (Fsp3) is 0. The standard InChI is InChI=1S/C66H40N4O3/c67-40-42-31-35-48(36-32-42)69(57-28-13-24-50(63(57)71)47-20-11-19-46(39-47)44-15-3-1-4-16-44)62-53-22-8-7-21-52(53)61(60-56-23-9-10-30-59(56)72-66(60)62)70(49-37-33-43(41-68)34-38-49)58-29-14-27-55-54-26-12-25-51(64(54)73-65(55)58)45-17-5-2-6-18-45/h1-39,71H. The van der Waals surface area contributed by atoms with Crippen LogP contribution in [0.25, 0.3) is 88.0 Å². The minimum absolute atomic E-state index is 0.0696. The highest BCUT2D eigenvalue weighted by Gasteiger charge is 2.32. The fourth-order valence-electron chi connectivity index (χ4n) is 10.5. The van der Waals surface area contributed by atoms with Crippen LogP contribution in [0.3, 0.4) is 0 Å². The summed E-state index contributed by atoms with van der Waals surface area (Å²) in [7, 11) is 0. The van der Waals surface area contributed by atoms with Crippen LogP contribution < -0.4 is 9.80 Å². The number of anilines is 6. The second kappa shape index (κ2) is 17.6. The van der Waals surface area contributed by atoms with Crippen LogP contribution in [0.5, 0.6) is 5.75 Å². The number of benzene rings is 11. The zero-order chi connectivity index (χ0) is 49.0. The predicted octanol–water partition coefficient (Wildman–Crippen LogP) is 18.0. The van der Waals surface area contributed by atoms with Gasteiger partial charge in [-0.05, 0) is 95.1 Å². The third-order valence-corrected chi connectivity index (χ3v) is 13.8. The monoisotopic (exact) mass is 936 g/mol. The van der Waals surface area contributed by atoms with E-state index in [1.807, 2.05) is 133 Å². The molecule has 7 heteroatoms. The Morgan fingerprint density at radius 1 is 0.356 bits per heavy atom. The van der Waals surface area contributed by atoms with Crippen LogP contribution in [0.1, 0.15) is 11.1 Å². The van der Waals surface area contributed by atoms with Crippen molar-refractivity contribution in [2.45, 2.75) is 0 Å². The summed E-state index contributed by atoms with van der Waals surface area (Å²) < 4.78 is 14.4. The summed E-state index contributed by atoms with van der Waals surface area (Å²) >= 11 is 0. The van der Waals surface area contributed by atoms with Crippen molar-refractivity contribution in [3.05, 3.63) is 248 Å². The van der Waals surface area contributed by atoms with E-state index in [1.54, 1.807) is 12.1 Å². The Kier molecular flexibility index (Phi) is 10.3. The first kappa shape index (κ1) is 42.7. The molecular formula is C66H40N4O3. The lowest BCUT2D eigenvalue weighted by atomic mass is 9.96. The average Bonchev–Trinajstić information content (AvgIpc) is 4.05. The Morgan fingerprint density at radius 3 is 1.53 bits per heavy atom. The van der Waals surface area contributed by atoms with Gasteiger partial charge in [0.1, 0.15) is 16.9 Å². The van der Waals surface area contributed by atoms with Gasteiger partial charge in [0.15, 0.2) is 11.2 Å². The highest BCUT2D eigenvalue weighted by Crippen LogP contribution is 2.56. The lowest BCUT2D eigenvalue weighted by Crippen LogP contribution is -2.14. The molecule has 342 valence electrons. The van der Waals surface area contributed by atoms with E-state index in [0.29, 0.717) is 50.5 Å². The number of nitrogens with zero attached hydrogens (tertiary/aromatic N) is 4. The second-order valence-electron chi connectivity index (χ2n) is 18.0. The zero-order valence-corrected chi connectivity index (χ0v) is 39.1. The topological polar surface area (TPSA) is 101 Å². The van der Waals surface area contributed by atoms with Crippen molar-refractivity contribution >= 4 is 88.8 Å². The summed E-state index contributed by atoms with van der Waals surface area (Å²) in [5.41, 5.74) is 13.7. The Labute approximate surface area is 420 Å². The summed E-state index contributed by atoms with van der Waals surface area (Å²) in [5.74, 6) is 0.0696. The van der Waals surface area contributed by atoms with Gasteiger partial charge < -0.3 is 23.7 Å². The summed E-state index contributed by atoms with van der Waals surface area (Å²) in [6, 6.07) is 83.0. The first-order chi connectivity index (χ1) is 36.1. The number of hydrogen-bond acceptors (Lipinski definition) is 7.